The molecule has 0 spiro atoms. The molecular formula is C16H26N2O. The summed E-state index contributed by atoms with van der Waals surface area (Å²) in [5, 5.41) is 3.32. The van der Waals surface area contributed by atoms with E-state index >= 15 is 0 Å². The van der Waals surface area contributed by atoms with Crippen LogP contribution >= 0.6 is 0 Å². The molecular weight excluding hydrogens is 236 g/mol. The Kier molecular flexibility index (Phi) is 4.83. The summed E-state index contributed by atoms with van der Waals surface area (Å²) in [5.74, 6) is 0.961. The van der Waals surface area contributed by atoms with Crippen molar-refractivity contribution in [1.82, 2.24) is 10.2 Å². The van der Waals surface area contributed by atoms with Crippen molar-refractivity contribution in [1.29, 1.82) is 0 Å². The molecule has 0 unspecified atom stereocenters. The highest BCUT2D eigenvalue weighted by Gasteiger charge is 2.42. The van der Waals surface area contributed by atoms with E-state index in [0.29, 0.717) is 5.41 Å². The largest absolute Gasteiger partial charge is 0.494 e. The zero-order valence-corrected chi connectivity index (χ0v) is 12.4. The molecule has 0 heterocycles. The van der Waals surface area contributed by atoms with E-state index in [1.807, 2.05) is 14.0 Å². The van der Waals surface area contributed by atoms with Gasteiger partial charge in [-0.1, -0.05) is 12.1 Å². The van der Waals surface area contributed by atoms with Crippen molar-refractivity contribution in [3.05, 3.63) is 29.8 Å². The van der Waals surface area contributed by atoms with Gasteiger partial charge in [-0.25, -0.2) is 0 Å². The molecule has 1 aromatic rings. The molecule has 1 saturated carbocycles. The predicted molar refractivity (Wildman–Crippen MR) is 79.5 cm³/mol. The van der Waals surface area contributed by atoms with Gasteiger partial charge >= 0.3 is 0 Å². The molecule has 0 saturated heterocycles. The number of nitrogens with one attached hydrogen (secondary N) is 1. The van der Waals surface area contributed by atoms with Gasteiger partial charge in [0.2, 0.25) is 0 Å². The average molecular weight is 262 g/mol. The van der Waals surface area contributed by atoms with Crippen molar-refractivity contribution in [2.24, 2.45) is 5.41 Å². The summed E-state index contributed by atoms with van der Waals surface area (Å²) in [6.07, 6.45) is 2.73. The minimum atomic E-state index is 0.536. The van der Waals surface area contributed by atoms with E-state index in [9.17, 15) is 0 Å². The molecule has 1 fully saturated rings. The van der Waals surface area contributed by atoms with E-state index in [4.69, 9.17) is 4.74 Å². The quantitative estimate of drug-likeness (QED) is 0.779. The van der Waals surface area contributed by atoms with E-state index in [-0.39, 0.29) is 0 Å². The third-order valence-electron chi connectivity index (χ3n) is 3.80. The first-order valence-electron chi connectivity index (χ1n) is 7.22. The van der Waals surface area contributed by atoms with E-state index in [1.165, 1.54) is 24.9 Å². The fourth-order valence-corrected chi connectivity index (χ4v) is 2.74. The van der Waals surface area contributed by atoms with Crippen molar-refractivity contribution in [2.45, 2.75) is 26.3 Å². The van der Waals surface area contributed by atoms with E-state index in [0.717, 1.165) is 25.4 Å². The second-order valence-corrected chi connectivity index (χ2v) is 5.78. The van der Waals surface area contributed by atoms with Crippen LogP contribution in [0, 0.1) is 5.41 Å². The molecule has 0 atom stereocenters. The molecule has 1 N–H and O–H groups in total. The molecule has 0 aliphatic heterocycles. The van der Waals surface area contributed by atoms with Gasteiger partial charge in [0, 0.05) is 19.6 Å². The second-order valence-electron chi connectivity index (χ2n) is 5.78. The Balaban J connectivity index is 1.83. The second kappa shape index (κ2) is 6.40. The summed E-state index contributed by atoms with van der Waals surface area (Å²) in [4.78, 5) is 2.43. The van der Waals surface area contributed by atoms with E-state index in [2.05, 4.69) is 41.5 Å². The molecule has 1 aromatic carbocycles. The van der Waals surface area contributed by atoms with Crippen LogP contribution in [0.3, 0.4) is 0 Å². The third-order valence-corrected chi connectivity index (χ3v) is 3.80. The maximum absolute atomic E-state index is 5.47. The van der Waals surface area contributed by atoms with Gasteiger partial charge in [-0.15, -0.1) is 0 Å². The summed E-state index contributed by atoms with van der Waals surface area (Å²) in [5.41, 5.74) is 1.89. The zero-order chi connectivity index (χ0) is 13.7. The van der Waals surface area contributed by atoms with Crippen LogP contribution in [0.5, 0.6) is 5.75 Å². The number of benzene rings is 1. The number of nitrogens with zero attached hydrogens (tertiary/aromatic N) is 1. The summed E-state index contributed by atoms with van der Waals surface area (Å²) < 4.78 is 5.47. The van der Waals surface area contributed by atoms with Crippen LogP contribution in [-0.2, 0) is 6.54 Å². The summed E-state index contributed by atoms with van der Waals surface area (Å²) in [6, 6.07) is 8.46. The van der Waals surface area contributed by atoms with Crippen LogP contribution in [-0.4, -0.2) is 38.7 Å². The lowest BCUT2D eigenvalue weighted by atomic mass is 10.1. The Hall–Kier alpha value is -1.06. The van der Waals surface area contributed by atoms with Gasteiger partial charge < -0.3 is 15.0 Å². The van der Waals surface area contributed by atoms with Crippen LogP contribution < -0.4 is 10.1 Å². The van der Waals surface area contributed by atoms with Gasteiger partial charge in [0.25, 0.3) is 0 Å². The fourth-order valence-electron chi connectivity index (χ4n) is 2.74. The molecule has 2 rings (SSSR count). The van der Waals surface area contributed by atoms with Crippen molar-refractivity contribution in [3.8, 4) is 5.75 Å². The Morgan fingerprint density at radius 2 is 1.95 bits per heavy atom. The van der Waals surface area contributed by atoms with Crippen LogP contribution in [0.4, 0.5) is 0 Å². The predicted octanol–water partition coefficient (Wildman–Crippen LogP) is 2.52. The maximum Gasteiger partial charge on any atom is 0.119 e. The summed E-state index contributed by atoms with van der Waals surface area (Å²) in [6.45, 7) is 6.07. The monoisotopic (exact) mass is 262 g/mol. The number of hydrogen-bond donors (Lipinski definition) is 1. The molecule has 19 heavy (non-hydrogen) atoms. The van der Waals surface area contributed by atoms with Gasteiger partial charge in [-0.05, 0) is 57.0 Å². The highest BCUT2D eigenvalue weighted by Crippen LogP contribution is 2.45. The van der Waals surface area contributed by atoms with Crippen LogP contribution in [0.25, 0.3) is 0 Å². The molecule has 0 aromatic heterocycles. The first-order chi connectivity index (χ1) is 9.17. The van der Waals surface area contributed by atoms with Crippen molar-refractivity contribution in [3.63, 3.8) is 0 Å². The van der Waals surface area contributed by atoms with Gasteiger partial charge in [0.15, 0.2) is 0 Å². The number of hydrogen-bond acceptors (Lipinski definition) is 3. The number of rotatable bonds is 8. The van der Waals surface area contributed by atoms with E-state index in [1.54, 1.807) is 0 Å². The highest BCUT2D eigenvalue weighted by molar-refractivity contribution is 5.27. The normalized spacial score (nSPS) is 16.6. The molecule has 0 amide bonds. The lowest BCUT2D eigenvalue weighted by Crippen LogP contribution is -2.32. The van der Waals surface area contributed by atoms with Crippen LogP contribution in [0.2, 0.25) is 0 Å². The van der Waals surface area contributed by atoms with Gasteiger partial charge in [0.1, 0.15) is 5.75 Å². The van der Waals surface area contributed by atoms with Crippen molar-refractivity contribution in [2.75, 3.05) is 33.8 Å². The molecule has 1 aliphatic carbocycles. The number of ether oxygens (including phenoxy) is 1. The van der Waals surface area contributed by atoms with Gasteiger partial charge in [-0.3, -0.25) is 0 Å². The van der Waals surface area contributed by atoms with Crippen LogP contribution in [0.15, 0.2) is 24.3 Å². The standard InChI is InChI=1S/C16H26N2O/c1-4-19-15-7-5-14(6-8-15)11-18(3)13-16(9-10-16)12-17-2/h5-8,17H,4,9-13H2,1-3H3. The Bertz CT molecular complexity index is 384. The summed E-state index contributed by atoms with van der Waals surface area (Å²) in [7, 11) is 4.26. The minimum absolute atomic E-state index is 0.536. The molecule has 3 nitrogen and oxygen atoms in total. The molecule has 106 valence electrons. The van der Waals surface area contributed by atoms with E-state index < -0.39 is 0 Å². The topological polar surface area (TPSA) is 24.5 Å². The molecule has 1 aliphatic rings. The lowest BCUT2D eigenvalue weighted by molar-refractivity contribution is 0.252. The molecule has 0 bridgehead atoms. The Morgan fingerprint density at radius 3 is 2.47 bits per heavy atom. The van der Waals surface area contributed by atoms with Gasteiger partial charge in [-0.2, -0.15) is 0 Å². The zero-order valence-electron chi connectivity index (χ0n) is 12.4. The fraction of sp³-hybridized carbons (Fsp3) is 0.625. The first kappa shape index (κ1) is 14.4. The SMILES string of the molecule is CCOc1ccc(CN(C)CC2(CNC)CC2)cc1. The Labute approximate surface area is 116 Å². The van der Waals surface area contributed by atoms with Crippen LogP contribution in [0.1, 0.15) is 25.3 Å². The third kappa shape index (κ3) is 4.22. The lowest BCUT2D eigenvalue weighted by Gasteiger charge is -2.23. The first-order valence-corrected chi connectivity index (χ1v) is 7.22. The molecule has 0 radical (unpaired) electrons. The average Bonchev–Trinajstić information content (AvgIpc) is 3.12. The Morgan fingerprint density at radius 1 is 1.26 bits per heavy atom. The highest BCUT2D eigenvalue weighted by atomic mass is 16.5. The van der Waals surface area contributed by atoms with Crippen molar-refractivity contribution >= 4 is 0 Å². The minimum Gasteiger partial charge on any atom is -0.494 e. The smallest absolute Gasteiger partial charge is 0.119 e. The maximum atomic E-state index is 5.47. The van der Waals surface area contributed by atoms with Crippen molar-refractivity contribution < 1.29 is 4.74 Å². The summed E-state index contributed by atoms with van der Waals surface area (Å²) >= 11 is 0. The molecule has 3 heteroatoms. The van der Waals surface area contributed by atoms with Gasteiger partial charge in [0.05, 0.1) is 6.61 Å².